The SMILES string of the molecule is C[C@@]1(C(=O)NC2CCCCCCC2)Cn2c(nc3ccccc32)C(=O)N1Cc1cccc(Cl)c1. The number of fused-ring (bicyclic) bond motifs is 3. The first-order chi connectivity index (χ1) is 16.5. The van der Waals surface area contributed by atoms with E-state index in [1.807, 2.05) is 60.0 Å². The quantitative estimate of drug-likeness (QED) is 0.550. The summed E-state index contributed by atoms with van der Waals surface area (Å²) in [4.78, 5) is 34.0. The number of carbonyl (C=O) groups excluding carboxylic acids is 2. The van der Waals surface area contributed by atoms with Crippen LogP contribution >= 0.6 is 11.6 Å². The number of imidazole rings is 1. The summed E-state index contributed by atoms with van der Waals surface area (Å²) in [6, 6.07) is 15.3. The molecule has 0 saturated heterocycles. The number of nitrogens with zero attached hydrogens (tertiary/aromatic N) is 3. The van der Waals surface area contributed by atoms with Gasteiger partial charge in [0, 0.05) is 17.6 Å². The number of rotatable bonds is 4. The Bertz CT molecular complexity index is 1210. The van der Waals surface area contributed by atoms with Crippen molar-refractivity contribution in [1.82, 2.24) is 19.8 Å². The average molecular weight is 479 g/mol. The van der Waals surface area contributed by atoms with E-state index in [4.69, 9.17) is 11.6 Å². The monoisotopic (exact) mass is 478 g/mol. The molecule has 2 aromatic carbocycles. The molecule has 178 valence electrons. The third kappa shape index (κ3) is 4.31. The molecule has 34 heavy (non-hydrogen) atoms. The standard InChI is InChI=1S/C27H31ClN4O2/c1-27(26(34)29-21-12-5-3-2-4-6-13-21)18-31-23-15-8-7-14-22(23)30-24(31)25(33)32(27)17-19-10-9-11-20(28)16-19/h7-11,14-16,21H,2-6,12-13,17-18H2,1H3,(H,29,34)/t27-/m0/s1. The lowest BCUT2D eigenvalue weighted by molar-refractivity contribution is -0.134. The summed E-state index contributed by atoms with van der Waals surface area (Å²) >= 11 is 6.23. The molecule has 3 aromatic rings. The summed E-state index contributed by atoms with van der Waals surface area (Å²) in [6.07, 6.45) is 7.94. The summed E-state index contributed by atoms with van der Waals surface area (Å²) in [6.45, 7) is 2.52. The van der Waals surface area contributed by atoms with Crippen molar-refractivity contribution in [2.24, 2.45) is 0 Å². The summed E-state index contributed by atoms with van der Waals surface area (Å²) in [5, 5.41) is 3.93. The Balaban J connectivity index is 1.52. The van der Waals surface area contributed by atoms with Crippen LogP contribution in [0.3, 0.4) is 0 Å². The number of nitrogens with one attached hydrogen (secondary N) is 1. The van der Waals surface area contributed by atoms with Gasteiger partial charge in [0.05, 0.1) is 17.6 Å². The summed E-state index contributed by atoms with van der Waals surface area (Å²) in [7, 11) is 0. The third-order valence-electron chi connectivity index (χ3n) is 7.31. The number of benzene rings is 2. The van der Waals surface area contributed by atoms with E-state index in [-0.39, 0.29) is 24.4 Å². The molecule has 5 rings (SSSR count). The van der Waals surface area contributed by atoms with Crippen molar-refractivity contribution in [3.05, 3.63) is 64.9 Å². The van der Waals surface area contributed by atoms with Crippen LogP contribution in [-0.4, -0.2) is 37.8 Å². The van der Waals surface area contributed by atoms with E-state index in [2.05, 4.69) is 10.3 Å². The molecule has 1 saturated carbocycles. The topological polar surface area (TPSA) is 67.2 Å². The molecule has 1 aromatic heterocycles. The van der Waals surface area contributed by atoms with Crippen molar-refractivity contribution in [3.63, 3.8) is 0 Å². The van der Waals surface area contributed by atoms with Crippen molar-refractivity contribution in [2.75, 3.05) is 0 Å². The maximum Gasteiger partial charge on any atom is 0.291 e. The maximum atomic E-state index is 13.9. The predicted molar refractivity (Wildman–Crippen MR) is 134 cm³/mol. The highest BCUT2D eigenvalue weighted by molar-refractivity contribution is 6.30. The van der Waals surface area contributed by atoms with Gasteiger partial charge in [-0.15, -0.1) is 0 Å². The van der Waals surface area contributed by atoms with Gasteiger partial charge in [0.25, 0.3) is 5.91 Å². The molecule has 0 unspecified atom stereocenters. The van der Waals surface area contributed by atoms with Crippen molar-refractivity contribution in [1.29, 1.82) is 0 Å². The fourth-order valence-electron chi connectivity index (χ4n) is 5.34. The predicted octanol–water partition coefficient (Wildman–Crippen LogP) is 5.33. The number of amides is 2. The van der Waals surface area contributed by atoms with Gasteiger partial charge in [-0.2, -0.15) is 0 Å². The molecule has 1 aliphatic carbocycles. The summed E-state index contributed by atoms with van der Waals surface area (Å²) in [5.41, 5.74) is 1.46. The largest absolute Gasteiger partial charge is 0.351 e. The Labute approximate surface area is 205 Å². The van der Waals surface area contributed by atoms with Crippen LogP contribution in [-0.2, 0) is 17.9 Å². The van der Waals surface area contributed by atoms with Crippen LogP contribution in [0.15, 0.2) is 48.5 Å². The molecule has 0 spiro atoms. The lowest BCUT2D eigenvalue weighted by Gasteiger charge is -2.44. The second kappa shape index (κ2) is 9.41. The molecule has 1 aliphatic heterocycles. The highest BCUT2D eigenvalue weighted by Gasteiger charge is 2.48. The van der Waals surface area contributed by atoms with Gasteiger partial charge >= 0.3 is 0 Å². The fraction of sp³-hybridized carbons (Fsp3) is 0.444. The molecule has 1 N–H and O–H groups in total. The third-order valence-corrected chi connectivity index (χ3v) is 7.55. The van der Waals surface area contributed by atoms with Gasteiger partial charge in [0.2, 0.25) is 5.91 Å². The number of aromatic nitrogens is 2. The van der Waals surface area contributed by atoms with Gasteiger partial charge in [-0.25, -0.2) is 4.98 Å². The van der Waals surface area contributed by atoms with Crippen molar-refractivity contribution in [3.8, 4) is 0 Å². The molecule has 6 nitrogen and oxygen atoms in total. The first kappa shape index (κ1) is 22.9. The second-order valence-electron chi connectivity index (χ2n) is 9.82. The molecular formula is C27H31ClN4O2. The van der Waals surface area contributed by atoms with Gasteiger partial charge in [0.15, 0.2) is 5.82 Å². The lowest BCUT2D eigenvalue weighted by atomic mass is 9.92. The minimum absolute atomic E-state index is 0.100. The lowest BCUT2D eigenvalue weighted by Crippen LogP contribution is -2.64. The van der Waals surface area contributed by atoms with E-state index in [1.54, 1.807) is 4.90 Å². The Morgan fingerprint density at radius 2 is 1.82 bits per heavy atom. The van der Waals surface area contributed by atoms with Gasteiger partial charge in [0.1, 0.15) is 5.54 Å². The highest BCUT2D eigenvalue weighted by Crippen LogP contribution is 2.32. The summed E-state index contributed by atoms with van der Waals surface area (Å²) in [5.74, 6) is 0.0362. The van der Waals surface area contributed by atoms with Crippen LogP contribution in [0.25, 0.3) is 11.0 Å². The normalized spacial score (nSPS) is 21.7. The Hall–Kier alpha value is -2.86. The average Bonchev–Trinajstić information content (AvgIpc) is 3.17. The number of para-hydroxylation sites is 2. The van der Waals surface area contributed by atoms with Crippen molar-refractivity contribution in [2.45, 2.75) is 76.5 Å². The fourth-order valence-corrected chi connectivity index (χ4v) is 5.55. The molecule has 7 heteroatoms. The smallest absolute Gasteiger partial charge is 0.291 e. The Kier molecular flexibility index (Phi) is 6.34. The van der Waals surface area contributed by atoms with Gasteiger partial charge < -0.3 is 14.8 Å². The van der Waals surface area contributed by atoms with E-state index in [0.717, 1.165) is 42.3 Å². The summed E-state index contributed by atoms with van der Waals surface area (Å²) < 4.78 is 1.91. The van der Waals surface area contributed by atoms with Crippen LogP contribution in [0.2, 0.25) is 5.02 Å². The highest BCUT2D eigenvalue weighted by atomic mass is 35.5. The number of halogens is 1. The van der Waals surface area contributed by atoms with Gasteiger partial charge in [-0.3, -0.25) is 9.59 Å². The Morgan fingerprint density at radius 1 is 1.09 bits per heavy atom. The first-order valence-corrected chi connectivity index (χ1v) is 12.7. The molecule has 0 bridgehead atoms. The van der Waals surface area contributed by atoms with E-state index in [0.29, 0.717) is 17.4 Å². The molecular weight excluding hydrogens is 448 g/mol. The van der Waals surface area contributed by atoms with Crippen LogP contribution < -0.4 is 5.32 Å². The second-order valence-corrected chi connectivity index (χ2v) is 10.3. The molecule has 0 radical (unpaired) electrons. The van der Waals surface area contributed by atoms with Crippen molar-refractivity contribution >= 4 is 34.4 Å². The van der Waals surface area contributed by atoms with Crippen LogP contribution in [0, 0.1) is 0 Å². The molecule has 1 atom stereocenters. The van der Waals surface area contributed by atoms with Crippen LogP contribution in [0.4, 0.5) is 0 Å². The van der Waals surface area contributed by atoms with Gasteiger partial charge in [-0.05, 0) is 49.6 Å². The molecule has 2 amide bonds. The number of hydrogen-bond acceptors (Lipinski definition) is 3. The zero-order chi connectivity index (χ0) is 23.7. The minimum atomic E-state index is -1.06. The van der Waals surface area contributed by atoms with Crippen LogP contribution in [0.1, 0.15) is 68.1 Å². The Morgan fingerprint density at radius 3 is 2.59 bits per heavy atom. The molecule has 2 heterocycles. The number of hydrogen-bond donors (Lipinski definition) is 1. The van der Waals surface area contributed by atoms with E-state index < -0.39 is 5.54 Å². The zero-order valence-corrected chi connectivity index (χ0v) is 20.4. The zero-order valence-electron chi connectivity index (χ0n) is 19.6. The van der Waals surface area contributed by atoms with E-state index in [9.17, 15) is 9.59 Å². The molecule has 2 aliphatic rings. The molecule has 1 fully saturated rings. The van der Waals surface area contributed by atoms with E-state index in [1.165, 1.54) is 19.3 Å². The minimum Gasteiger partial charge on any atom is -0.351 e. The van der Waals surface area contributed by atoms with Crippen molar-refractivity contribution < 1.29 is 9.59 Å². The first-order valence-electron chi connectivity index (χ1n) is 12.3. The maximum absolute atomic E-state index is 13.9. The van der Waals surface area contributed by atoms with Crippen LogP contribution in [0.5, 0.6) is 0 Å². The number of carbonyl (C=O) groups is 2. The van der Waals surface area contributed by atoms with E-state index >= 15 is 0 Å². The van der Waals surface area contributed by atoms with Gasteiger partial charge in [-0.1, -0.05) is 68.0 Å².